The molecule has 0 unspecified atom stereocenters. The lowest BCUT2D eigenvalue weighted by molar-refractivity contribution is 0.0948. The third-order valence-electron chi connectivity index (χ3n) is 1.43. The molecule has 0 spiro atoms. The Morgan fingerprint density at radius 1 is 1.43 bits per heavy atom. The Bertz CT molecular complexity index is 391. The fourth-order valence-electron chi connectivity index (χ4n) is 0.786. The minimum absolute atomic E-state index is 0.0408. The van der Waals surface area contributed by atoms with Gasteiger partial charge < -0.3 is 16.6 Å². The Balaban J connectivity index is 2.91. The summed E-state index contributed by atoms with van der Waals surface area (Å²) in [6.45, 7) is 0. The topological polar surface area (TPSA) is 131 Å². The molecule has 0 aromatic carbocycles. The highest BCUT2D eigenvalue weighted by atomic mass is 16.4. The normalized spacial score (nSPS) is 9.43. The molecular weight excluding hydrogens is 188 g/mol. The highest BCUT2D eigenvalue weighted by Gasteiger charge is 2.10. The van der Waals surface area contributed by atoms with Crippen molar-refractivity contribution < 1.29 is 14.7 Å². The predicted molar refractivity (Wildman–Crippen MR) is 48.6 cm³/mol. The van der Waals surface area contributed by atoms with Crippen LogP contribution in [0, 0.1) is 0 Å². The van der Waals surface area contributed by atoms with Crippen LogP contribution in [0.25, 0.3) is 0 Å². The van der Waals surface area contributed by atoms with Crippen molar-refractivity contribution in [3.8, 4) is 0 Å². The fourth-order valence-corrected chi connectivity index (χ4v) is 0.786. The molecule has 0 aliphatic heterocycles. The van der Waals surface area contributed by atoms with Crippen molar-refractivity contribution in [3.05, 3.63) is 17.8 Å². The van der Waals surface area contributed by atoms with Gasteiger partial charge in [-0.2, -0.15) is 0 Å². The third kappa shape index (κ3) is 2.09. The maximum atomic E-state index is 11.1. The van der Waals surface area contributed by atoms with E-state index < -0.39 is 12.0 Å². The highest BCUT2D eigenvalue weighted by molar-refractivity contribution is 6.02. The van der Waals surface area contributed by atoms with E-state index in [1.807, 2.05) is 0 Å². The number of rotatable bonds is 1. The van der Waals surface area contributed by atoms with Gasteiger partial charge in [-0.25, -0.2) is 9.78 Å². The maximum Gasteiger partial charge on any atom is 0.411 e. The van der Waals surface area contributed by atoms with Gasteiger partial charge in [-0.3, -0.25) is 10.1 Å². The van der Waals surface area contributed by atoms with Gasteiger partial charge in [-0.05, 0) is 6.07 Å². The number of pyridine rings is 1. The number of amides is 2. The van der Waals surface area contributed by atoms with Gasteiger partial charge in [0, 0.05) is 6.20 Å². The second kappa shape index (κ2) is 3.60. The van der Waals surface area contributed by atoms with E-state index in [1.54, 1.807) is 5.32 Å². The molecule has 6 N–H and O–H groups in total. The summed E-state index contributed by atoms with van der Waals surface area (Å²) < 4.78 is 0. The first-order valence-electron chi connectivity index (χ1n) is 3.56. The molecule has 0 aliphatic rings. The summed E-state index contributed by atoms with van der Waals surface area (Å²) in [4.78, 5) is 24.8. The molecule has 1 aromatic rings. The lowest BCUT2D eigenvalue weighted by Crippen LogP contribution is -2.28. The first kappa shape index (κ1) is 9.78. The molecule has 1 aromatic heterocycles. The smallest absolute Gasteiger partial charge is 0.411 e. The molecule has 7 heteroatoms. The number of carbonyl (C=O) groups is 2. The van der Waals surface area contributed by atoms with Crippen LogP contribution in [0.2, 0.25) is 0 Å². The molecular formula is C7H8N4O3. The number of nitrogens with two attached hydrogens (primary N) is 2. The first-order chi connectivity index (χ1) is 6.50. The average Bonchev–Trinajstić information content (AvgIpc) is 2.08. The predicted octanol–water partition coefficient (Wildman–Crippen LogP) is -0.346. The van der Waals surface area contributed by atoms with Crippen LogP contribution in [0.3, 0.4) is 0 Å². The molecule has 0 aliphatic carbocycles. The van der Waals surface area contributed by atoms with E-state index in [9.17, 15) is 9.59 Å². The minimum atomic E-state index is -1.44. The quantitative estimate of drug-likeness (QED) is 0.485. The summed E-state index contributed by atoms with van der Waals surface area (Å²) in [5, 5.41) is 9.91. The molecule has 0 bridgehead atoms. The molecule has 7 nitrogen and oxygen atoms in total. The van der Waals surface area contributed by atoms with E-state index in [1.165, 1.54) is 6.07 Å². The standard InChI is InChI=1S/C7H8N4O3/c8-4-1-3(2-10-5(4)9)6(12)11-7(13)14/h1-2H,8H2,(H2,9,10)(H,11,12)(H,13,14). The average molecular weight is 196 g/mol. The van der Waals surface area contributed by atoms with E-state index >= 15 is 0 Å². The Hall–Kier alpha value is -2.31. The Kier molecular flexibility index (Phi) is 2.52. The number of nitrogens with zero attached hydrogens (tertiary/aromatic N) is 1. The summed E-state index contributed by atoms with van der Waals surface area (Å²) in [7, 11) is 0. The van der Waals surface area contributed by atoms with E-state index in [0.29, 0.717) is 0 Å². The van der Waals surface area contributed by atoms with Crippen LogP contribution in [0.15, 0.2) is 12.3 Å². The zero-order chi connectivity index (χ0) is 10.7. The zero-order valence-electron chi connectivity index (χ0n) is 7.02. The second-order valence-electron chi connectivity index (χ2n) is 2.46. The van der Waals surface area contributed by atoms with Crippen LogP contribution in [0.5, 0.6) is 0 Å². The van der Waals surface area contributed by atoms with E-state index in [2.05, 4.69) is 4.98 Å². The van der Waals surface area contributed by atoms with Crippen molar-refractivity contribution in [1.29, 1.82) is 0 Å². The number of nitrogens with one attached hydrogen (secondary N) is 1. The molecule has 1 rings (SSSR count). The van der Waals surface area contributed by atoms with Gasteiger partial charge in [0.2, 0.25) is 0 Å². The number of imide groups is 1. The van der Waals surface area contributed by atoms with Crippen molar-refractivity contribution in [2.24, 2.45) is 0 Å². The minimum Gasteiger partial charge on any atom is -0.465 e. The molecule has 74 valence electrons. The van der Waals surface area contributed by atoms with Crippen LogP contribution in [0.1, 0.15) is 10.4 Å². The number of nitrogen functional groups attached to an aromatic ring is 2. The van der Waals surface area contributed by atoms with Crippen LogP contribution in [0.4, 0.5) is 16.3 Å². The number of aromatic nitrogens is 1. The first-order valence-corrected chi connectivity index (χ1v) is 3.56. The number of anilines is 2. The van der Waals surface area contributed by atoms with Crippen molar-refractivity contribution in [2.75, 3.05) is 11.5 Å². The molecule has 2 amide bonds. The molecule has 0 atom stereocenters. The summed E-state index contributed by atoms with van der Waals surface area (Å²) in [6.07, 6.45) is -0.297. The molecule has 0 fully saturated rings. The Morgan fingerprint density at radius 2 is 2.07 bits per heavy atom. The fraction of sp³-hybridized carbons (Fsp3) is 0. The van der Waals surface area contributed by atoms with Crippen LogP contribution in [-0.2, 0) is 0 Å². The van der Waals surface area contributed by atoms with E-state index in [4.69, 9.17) is 16.6 Å². The van der Waals surface area contributed by atoms with Gasteiger partial charge in [0.25, 0.3) is 5.91 Å². The number of carbonyl (C=O) groups excluding carboxylic acids is 1. The SMILES string of the molecule is Nc1cc(C(=O)NC(=O)O)cnc1N. The van der Waals surface area contributed by atoms with Gasteiger partial charge in [0.1, 0.15) is 5.82 Å². The summed E-state index contributed by atoms with van der Waals surface area (Å²) in [6, 6.07) is 1.25. The lowest BCUT2D eigenvalue weighted by atomic mass is 10.2. The molecule has 0 radical (unpaired) electrons. The lowest BCUT2D eigenvalue weighted by Gasteiger charge is -2.02. The van der Waals surface area contributed by atoms with Crippen LogP contribution < -0.4 is 16.8 Å². The van der Waals surface area contributed by atoms with Crippen molar-refractivity contribution in [1.82, 2.24) is 10.3 Å². The van der Waals surface area contributed by atoms with Crippen molar-refractivity contribution in [2.45, 2.75) is 0 Å². The molecule has 14 heavy (non-hydrogen) atoms. The number of hydrogen-bond donors (Lipinski definition) is 4. The monoisotopic (exact) mass is 196 g/mol. The third-order valence-corrected chi connectivity index (χ3v) is 1.43. The van der Waals surface area contributed by atoms with Gasteiger partial charge in [0.05, 0.1) is 11.3 Å². The van der Waals surface area contributed by atoms with Crippen LogP contribution in [-0.4, -0.2) is 22.1 Å². The maximum absolute atomic E-state index is 11.1. The second-order valence-corrected chi connectivity index (χ2v) is 2.46. The Morgan fingerprint density at radius 3 is 2.57 bits per heavy atom. The van der Waals surface area contributed by atoms with Crippen molar-refractivity contribution in [3.63, 3.8) is 0 Å². The summed E-state index contributed by atoms with van der Waals surface area (Å²) >= 11 is 0. The van der Waals surface area contributed by atoms with Gasteiger partial charge >= 0.3 is 6.09 Å². The van der Waals surface area contributed by atoms with Gasteiger partial charge in [0.15, 0.2) is 0 Å². The summed E-state index contributed by atoms with van der Waals surface area (Å²) in [5.74, 6) is -0.700. The number of hydrogen-bond acceptors (Lipinski definition) is 5. The van der Waals surface area contributed by atoms with Gasteiger partial charge in [-0.15, -0.1) is 0 Å². The summed E-state index contributed by atoms with van der Waals surface area (Å²) in [5.41, 5.74) is 10.8. The molecule has 1 heterocycles. The van der Waals surface area contributed by atoms with Crippen LogP contribution >= 0.6 is 0 Å². The largest absolute Gasteiger partial charge is 0.465 e. The molecule has 0 saturated heterocycles. The van der Waals surface area contributed by atoms with E-state index in [-0.39, 0.29) is 17.1 Å². The number of carboxylic acid groups (broad SMARTS) is 1. The molecule has 0 saturated carbocycles. The van der Waals surface area contributed by atoms with Crippen molar-refractivity contribution >= 4 is 23.5 Å². The van der Waals surface area contributed by atoms with E-state index in [0.717, 1.165) is 6.20 Å². The van der Waals surface area contributed by atoms with Gasteiger partial charge in [-0.1, -0.05) is 0 Å². The zero-order valence-corrected chi connectivity index (χ0v) is 7.02. The highest BCUT2D eigenvalue weighted by Crippen LogP contribution is 2.11. The Labute approximate surface area is 78.7 Å².